The molecule has 1 aromatic rings. The Balaban J connectivity index is 2.28. The molecule has 0 aliphatic heterocycles. The van der Waals surface area contributed by atoms with Gasteiger partial charge in [-0.3, -0.25) is 19.7 Å². The summed E-state index contributed by atoms with van der Waals surface area (Å²) < 4.78 is 5.13. The SMILES string of the molecule is COc1cc([N+](=O)[O-])c(C(=O)NCC2(C(=O)O)CCCCC2)cc1SC. The zero-order valence-electron chi connectivity index (χ0n) is 14.7. The molecule has 0 saturated heterocycles. The molecule has 0 bridgehead atoms. The molecule has 0 aromatic heterocycles. The Bertz CT molecular complexity index is 715. The summed E-state index contributed by atoms with van der Waals surface area (Å²) in [4.78, 5) is 35.6. The van der Waals surface area contributed by atoms with E-state index in [1.807, 2.05) is 0 Å². The lowest BCUT2D eigenvalue weighted by Gasteiger charge is -2.33. The van der Waals surface area contributed by atoms with Crippen molar-refractivity contribution in [2.75, 3.05) is 19.9 Å². The van der Waals surface area contributed by atoms with Crippen molar-refractivity contribution in [3.63, 3.8) is 0 Å². The first kappa shape index (κ1) is 20.0. The molecule has 0 heterocycles. The van der Waals surface area contributed by atoms with Crippen LogP contribution < -0.4 is 10.1 Å². The monoisotopic (exact) mass is 382 g/mol. The zero-order chi connectivity index (χ0) is 19.3. The van der Waals surface area contributed by atoms with Crippen molar-refractivity contribution >= 4 is 29.3 Å². The van der Waals surface area contributed by atoms with Gasteiger partial charge in [0.15, 0.2) is 0 Å². The second kappa shape index (κ2) is 8.39. The third kappa shape index (κ3) is 4.09. The van der Waals surface area contributed by atoms with Crippen LogP contribution in [0.25, 0.3) is 0 Å². The summed E-state index contributed by atoms with van der Waals surface area (Å²) in [6, 6.07) is 2.62. The fourth-order valence-electron chi connectivity index (χ4n) is 3.24. The Morgan fingerprint density at radius 3 is 2.50 bits per heavy atom. The molecule has 9 heteroatoms. The number of nitro benzene ring substituents is 1. The Labute approximate surface area is 155 Å². The lowest BCUT2D eigenvalue weighted by Crippen LogP contribution is -2.44. The number of nitrogens with one attached hydrogen (secondary N) is 1. The maximum Gasteiger partial charge on any atom is 0.311 e. The van der Waals surface area contributed by atoms with Crippen LogP contribution >= 0.6 is 11.8 Å². The average molecular weight is 382 g/mol. The quantitative estimate of drug-likeness (QED) is 0.422. The lowest BCUT2D eigenvalue weighted by molar-refractivity contribution is -0.385. The molecule has 0 spiro atoms. The van der Waals surface area contributed by atoms with Crippen molar-refractivity contribution in [1.82, 2.24) is 5.32 Å². The molecule has 0 atom stereocenters. The number of carboxylic acids is 1. The lowest BCUT2D eigenvalue weighted by atomic mass is 9.74. The van der Waals surface area contributed by atoms with E-state index in [4.69, 9.17) is 4.74 Å². The molecule has 1 aliphatic carbocycles. The molecule has 2 N–H and O–H groups in total. The van der Waals surface area contributed by atoms with Gasteiger partial charge >= 0.3 is 5.97 Å². The molecule has 1 aromatic carbocycles. The van der Waals surface area contributed by atoms with E-state index in [0.717, 1.165) is 19.3 Å². The summed E-state index contributed by atoms with van der Waals surface area (Å²) in [5.41, 5.74) is -1.47. The minimum Gasteiger partial charge on any atom is -0.495 e. The number of ether oxygens (including phenoxy) is 1. The third-order valence-electron chi connectivity index (χ3n) is 4.79. The van der Waals surface area contributed by atoms with Gasteiger partial charge in [-0.05, 0) is 25.2 Å². The number of carboxylic acid groups (broad SMARTS) is 1. The summed E-state index contributed by atoms with van der Waals surface area (Å²) in [6.45, 7) is -0.0427. The van der Waals surface area contributed by atoms with Crippen molar-refractivity contribution in [2.24, 2.45) is 5.41 Å². The van der Waals surface area contributed by atoms with Gasteiger partial charge in [-0.1, -0.05) is 19.3 Å². The number of rotatable bonds is 7. The van der Waals surface area contributed by atoms with Crippen LogP contribution in [0.3, 0.4) is 0 Å². The van der Waals surface area contributed by atoms with Gasteiger partial charge in [0, 0.05) is 6.54 Å². The van der Waals surface area contributed by atoms with E-state index in [1.54, 1.807) is 6.26 Å². The maximum atomic E-state index is 12.6. The van der Waals surface area contributed by atoms with Crippen LogP contribution in [0.5, 0.6) is 5.75 Å². The van der Waals surface area contributed by atoms with E-state index < -0.39 is 22.2 Å². The van der Waals surface area contributed by atoms with Crippen LogP contribution in [0.15, 0.2) is 17.0 Å². The fourth-order valence-corrected chi connectivity index (χ4v) is 3.82. The molecular weight excluding hydrogens is 360 g/mol. The molecule has 2 rings (SSSR count). The maximum absolute atomic E-state index is 12.6. The van der Waals surface area contributed by atoms with Gasteiger partial charge in [-0.15, -0.1) is 11.8 Å². The minimum atomic E-state index is -1.00. The number of hydrogen-bond donors (Lipinski definition) is 2. The normalized spacial score (nSPS) is 15.9. The Morgan fingerprint density at radius 1 is 1.35 bits per heavy atom. The molecule has 142 valence electrons. The molecule has 26 heavy (non-hydrogen) atoms. The van der Waals surface area contributed by atoms with Crippen molar-refractivity contribution < 1.29 is 24.4 Å². The van der Waals surface area contributed by atoms with Gasteiger partial charge < -0.3 is 15.2 Å². The van der Waals surface area contributed by atoms with E-state index in [9.17, 15) is 24.8 Å². The van der Waals surface area contributed by atoms with Gasteiger partial charge in [-0.2, -0.15) is 0 Å². The van der Waals surface area contributed by atoms with Gasteiger partial charge in [0.05, 0.1) is 28.4 Å². The van der Waals surface area contributed by atoms with E-state index in [2.05, 4.69) is 5.32 Å². The predicted octanol–water partition coefficient (Wildman–Crippen LogP) is 3.09. The number of carbonyl (C=O) groups excluding carboxylic acids is 1. The minimum absolute atomic E-state index is 0.0427. The Hall–Kier alpha value is -2.29. The van der Waals surface area contributed by atoms with E-state index in [-0.39, 0.29) is 17.8 Å². The van der Waals surface area contributed by atoms with Crippen molar-refractivity contribution in [1.29, 1.82) is 0 Å². The molecule has 1 amide bonds. The summed E-state index contributed by atoms with van der Waals surface area (Å²) >= 11 is 1.30. The van der Waals surface area contributed by atoms with Crippen LogP contribution in [-0.2, 0) is 4.79 Å². The van der Waals surface area contributed by atoms with Gasteiger partial charge in [0.25, 0.3) is 11.6 Å². The molecule has 1 saturated carbocycles. The zero-order valence-corrected chi connectivity index (χ0v) is 15.6. The highest BCUT2D eigenvalue weighted by atomic mass is 32.2. The molecule has 1 fully saturated rings. The van der Waals surface area contributed by atoms with Crippen molar-refractivity contribution in [3.05, 3.63) is 27.8 Å². The second-order valence-corrected chi connectivity index (χ2v) is 7.16. The fraction of sp³-hybridized carbons (Fsp3) is 0.529. The smallest absolute Gasteiger partial charge is 0.311 e. The first-order valence-corrected chi connectivity index (χ1v) is 9.49. The Kier molecular flexibility index (Phi) is 6.47. The molecule has 0 radical (unpaired) electrons. The van der Waals surface area contributed by atoms with Crippen LogP contribution in [-0.4, -0.2) is 41.8 Å². The molecule has 8 nitrogen and oxygen atoms in total. The van der Waals surface area contributed by atoms with E-state index >= 15 is 0 Å². The van der Waals surface area contributed by atoms with Gasteiger partial charge in [0.1, 0.15) is 11.3 Å². The number of methoxy groups -OCH3 is 1. The highest BCUT2D eigenvalue weighted by Crippen LogP contribution is 2.37. The number of nitrogens with zero attached hydrogens (tertiary/aromatic N) is 1. The highest BCUT2D eigenvalue weighted by molar-refractivity contribution is 7.98. The van der Waals surface area contributed by atoms with E-state index in [0.29, 0.717) is 23.5 Å². The summed E-state index contributed by atoms with van der Waals surface area (Å²) in [6.07, 6.45) is 5.31. The summed E-state index contributed by atoms with van der Waals surface area (Å²) in [5.74, 6) is -1.28. The summed E-state index contributed by atoms with van der Waals surface area (Å²) in [7, 11) is 1.40. The van der Waals surface area contributed by atoms with Crippen LogP contribution in [0.1, 0.15) is 42.5 Å². The highest BCUT2D eigenvalue weighted by Gasteiger charge is 2.40. The summed E-state index contributed by atoms with van der Waals surface area (Å²) in [5, 5.41) is 23.5. The molecule has 1 aliphatic rings. The largest absolute Gasteiger partial charge is 0.495 e. The Morgan fingerprint density at radius 2 is 2.00 bits per heavy atom. The molecule has 0 unspecified atom stereocenters. The first-order valence-electron chi connectivity index (χ1n) is 8.26. The number of benzene rings is 1. The van der Waals surface area contributed by atoms with Crippen LogP contribution in [0, 0.1) is 15.5 Å². The first-order chi connectivity index (χ1) is 12.3. The number of thioether (sulfide) groups is 1. The number of nitro groups is 1. The number of aliphatic carboxylic acids is 1. The standard InChI is InChI=1S/C17H22N2O6S/c1-25-13-9-12(19(23)24)11(8-14(13)26-2)15(20)18-10-17(16(21)22)6-4-3-5-7-17/h8-9H,3-7,10H2,1-2H3,(H,18,20)(H,21,22). The topological polar surface area (TPSA) is 119 Å². The number of amides is 1. The second-order valence-electron chi connectivity index (χ2n) is 6.31. The average Bonchev–Trinajstić information content (AvgIpc) is 2.65. The van der Waals surface area contributed by atoms with Crippen molar-refractivity contribution in [2.45, 2.75) is 37.0 Å². The van der Waals surface area contributed by atoms with Gasteiger partial charge in [0.2, 0.25) is 0 Å². The van der Waals surface area contributed by atoms with Crippen LogP contribution in [0.4, 0.5) is 5.69 Å². The number of hydrogen-bond acceptors (Lipinski definition) is 6. The van der Waals surface area contributed by atoms with E-state index in [1.165, 1.54) is 31.0 Å². The number of carbonyl (C=O) groups is 2. The predicted molar refractivity (Wildman–Crippen MR) is 96.9 cm³/mol. The van der Waals surface area contributed by atoms with Gasteiger partial charge in [-0.25, -0.2) is 0 Å². The van der Waals surface area contributed by atoms with Crippen LogP contribution in [0.2, 0.25) is 0 Å². The third-order valence-corrected chi connectivity index (χ3v) is 5.55. The van der Waals surface area contributed by atoms with Crippen molar-refractivity contribution in [3.8, 4) is 5.75 Å². The molecular formula is C17H22N2O6S.